The minimum Gasteiger partial charge on any atom is -0.234 e. The minimum absolute atomic E-state index is 0.217. The molecule has 1 rings (SSSR count). The fraction of sp³-hybridized carbons (Fsp3) is 0.909. The summed E-state index contributed by atoms with van der Waals surface area (Å²) in [7, 11) is -1.07. The average molecular weight is 215 g/mol. The highest BCUT2D eigenvalue weighted by Gasteiger charge is 2.19. The molecule has 0 aromatic rings. The van der Waals surface area contributed by atoms with Crippen molar-refractivity contribution in [3.05, 3.63) is 0 Å². The van der Waals surface area contributed by atoms with Crippen molar-refractivity contribution in [2.45, 2.75) is 57.6 Å². The lowest BCUT2D eigenvalue weighted by Crippen LogP contribution is -2.20. The molecule has 0 N–H and O–H groups in total. The van der Waals surface area contributed by atoms with Crippen LogP contribution in [0.2, 0.25) is 0 Å². The molecule has 1 aliphatic rings. The monoisotopic (exact) mass is 215 g/mol. The molecule has 1 atom stereocenters. The molecule has 1 fully saturated rings. The SMILES string of the molecule is CC(C)(C)[S@@](=O)/N=C/C1CCCCC1. The fourth-order valence-electron chi connectivity index (χ4n) is 1.58. The van der Waals surface area contributed by atoms with Crippen molar-refractivity contribution in [2.75, 3.05) is 0 Å². The molecule has 0 aliphatic heterocycles. The average Bonchev–Trinajstić information content (AvgIpc) is 2.14. The van der Waals surface area contributed by atoms with E-state index in [-0.39, 0.29) is 4.75 Å². The Hall–Kier alpha value is -0.180. The van der Waals surface area contributed by atoms with Crippen LogP contribution < -0.4 is 0 Å². The van der Waals surface area contributed by atoms with E-state index in [1.54, 1.807) is 0 Å². The third-order valence-corrected chi connectivity index (χ3v) is 3.90. The second-order valence-electron chi connectivity index (χ2n) is 5.01. The van der Waals surface area contributed by atoms with Crippen molar-refractivity contribution in [1.29, 1.82) is 0 Å². The molecule has 1 saturated carbocycles. The van der Waals surface area contributed by atoms with Gasteiger partial charge in [-0.15, -0.1) is 0 Å². The number of hydrogen-bond donors (Lipinski definition) is 0. The maximum absolute atomic E-state index is 11.6. The molecule has 82 valence electrons. The normalized spacial score (nSPS) is 22.8. The van der Waals surface area contributed by atoms with E-state index in [2.05, 4.69) is 4.40 Å². The Morgan fingerprint density at radius 3 is 2.29 bits per heavy atom. The quantitative estimate of drug-likeness (QED) is 0.651. The van der Waals surface area contributed by atoms with Gasteiger partial charge in [-0.05, 0) is 39.5 Å². The lowest BCUT2D eigenvalue weighted by Gasteiger charge is -2.18. The first-order chi connectivity index (χ1) is 6.50. The summed E-state index contributed by atoms with van der Waals surface area (Å²) < 4.78 is 15.6. The summed E-state index contributed by atoms with van der Waals surface area (Å²) in [5.41, 5.74) is 0. The summed E-state index contributed by atoms with van der Waals surface area (Å²) in [6.07, 6.45) is 8.35. The second-order valence-corrected chi connectivity index (χ2v) is 6.95. The van der Waals surface area contributed by atoms with Crippen LogP contribution >= 0.6 is 0 Å². The van der Waals surface area contributed by atoms with Gasteiger partial charge in [0.25, 0.3) is 0 Å². The molecule has 2 nitrogen and oxygen atoms in total. The fourth-order valence-corrected chi connectivity index (χ4v) is 2.18. The Bertz CT molecular complexity index is 224. The third-order valence-electron chi connectivity index (χ3n) is 2.54. The predicted molar refractivity (Wildman–Crippen MR) is 63.0 cm³/mol. The van der Waals surface area contributed by atoms with Crippen molar-refractivity contribution < 1.29 is 4.21 Å². The molecule has 0 amide bonds. The summed E-state index contributed by atoms with van der Waals surface area (Å²) in [6, 6.07) is 0. The van der Waals surface area contributed by atoms with Crippen LogP contribution in [0.4, 0.5) is 0 Å². The van der Waals surface area contributed by atoms with Gasteiger partial charge in [-0.2, -0.15) is 4.40 Å². The maximum Gasteiger partial charge on any atom is 0.144 e. The summed E-state index contributed by atoms with van der Waals surface area (Å²) in [6.45, 7) is 5.88. The summed E-state index contributed by atoms with van der Waals surface area (Å²) in [5.74, 6) is 0.579. The second kappa shape index (κ2) is 5.06. The molecular formula is C11H21NOS. The highest BCUT2D eigenvalue weighted by molar-refractivity contribution is 7.85. The van der Waals surface area contributed by atoms with E-state index in [0.29, 0.717) is 5.92 Å². The molecule has 0 heterocycles. The Balaban J connectivity index is 2.42. The molecule has 14 heavy (non-hydrogen) atoms. The predicted octanol–water partition coefficient (Wildman–Crippen LogP) is 3.10. The first-order valence-corrected chi connectivity index (χ1v) is 6.57. The van der Waals surface area contributed by atoms with Crippen LogP contribution in [0.25, 0.3) is 0 Å². The van der Waals surface area contributed by atoms with Gasteiger partial charge in [0, 0.05) is 6.21 Å². The highest BCUT2D eigenvalue weighted by Crippen LogP contribution is 2.22. The zero-order valence-electron chi connectivity index (χ0n) is 9.45. The zero-order valence-corrected chi connectivity index (χ0v) is 10.3. The van der Waals surface area contributed by atoms with Crippen LogP contribution in [0.15, 0.2) is 4.40 Å². The smallest absolute Gasteiger partial charge is 0.144 e. The zero-order chi connectivity index (χ0) is 10.6. The van der Waals surface area contributed by atoms with Crippen molar-refractivity contribution in [3.8, 4) is 0 Å². The van der Waals surface area contributed by atoms with Crippen LogP contribution in [0.1, 0.15) is 52.9 Å². The van der Waals surface area contributed by atoms with Crippen LogP contribution in [0.5, 0.6) is 0 Å². The van der Waals surface area contributed by atoms with Crippen molar-refractivity contribution >= 4 is 17.2 Å². The standard InChI is InChI=1S/C11H21NOS/c1-11(2,3)14(13)12-9-10-7-5-4-6-8-10/h9-10H,4-8H2,1-3H3/b12-9+/t14-/m1/s1. The van der Waals surface area contributed by atoms with Gasteiger partial charge < -0.3 is 0 Å². The molecule has 1 aliphatic carbocycles. The molecule has 3 heteroatoms. The maximum atomic E-state index is 11.6. The lowest BCUT2D eigenvalue weighted by molar-refractivity contribution is 0.445. The number of nitrogens with zero attached hydrogens (tertiary/aromatic N) is 1. The van der Waals surface area contributed by atoms with Gasteiger partial charge in [0.2, 0.25) is 0 Å². The van der Waals surface area contributed by atoms with Gasteiger partial charge in [-0.25, -0.2) is 4.21 Å². The Labute approximate surface area is 89.8 Å². The lowest BCUT2D eigenvalue weighted by atomic mass is 9.90. The van der Waals surface area contributed by atoms with E-state index in [1.165, 1.54) is 32.1 Å². The van der Waals surface area contributed by atoms with Crippen molar-refractivity contribution in [1.82, 2.24) is 0 Å². The van der Waals surface area contributed by atoms with E-state index in [9.17, 15) is 4.21 Å². The molecule has 0 bridgehead atoms. The van der Waals surface area contributed by atoms with Crippen LogP contribution in [-0.4, -0.2) is 15.2 Å². The number of hydrogen-bond acceptors (Lipinski definition) is 1. The Kier molecular flexibility index (Phi) is 4.30. The molecule has 0 spiro atoms. The van der Waals surface area contributed by atoms with Gasteiger partial charge in [0.15, 0.2) is 0 Å². The molecule has 0 unspecified atom stereocenters. The van der Waals surface area contributed by atoms with Crippen LogP contribution in [0.3, 0.4) is 0 Å². The molecule has 0 aromatic heterocycles. The highest BCUT2D eigenvalue weighted by atomic mass is 32.2. The van der Waals surface area contributed by atoms with Gasteiger partial charge in [-0.1, -0.05) is 19.3 Å². The van der Waals surface area contributed by atoms with Crippen LogP contribution in [0, 0.1) is 5.92 Å². The van der Waals surface area contributed by atoms with E-state index in [1.807, 2.05) is 27.0 Å². The Morgan fingerprint density at radius 2 is 1.79 bits per heavy atom. The molecule has 0 aromatic carbocycles. The summed E-state index contributed by atoms with van der Waals surface area (Å²) in [5, 5.41) is 0. The van der Waals surface area contributed by atoms with E-state index in [4.69, 9.17) is 0 Å². The Morgan fingerprint density at radius 1 is 1.21 bits per heavy atom. The molecule has 0 saturated heterocycles. The van der Waals surface area contributed by atoms with E-state index in [0.717, 1.165) is 0 Å². The minimum atomic E-state index is -1.07. The summed E-state index contributed by atoms with van der Waals surface area (Å²) in [4.78, 5) is 0. The topological polar surface area (TPSA) is 29.4 Å². The molecule has 0 radical (unpaired) electrons. The first kappa shape index (κ1) is 11.9. The van der Waals surface area contributed by atoms with E-state index < -0.39 is 11.0 Å². The van der Waals surface area contributed by atoms with Gasteiger partial charge in [0.05, 0.1) is 4.75 Å². The van der Waals surface area contributed by atoms with Gasteiger partial charge in [-0.3, -0.25) is 0 Å². The van der Waals surface area contributed by atoms with Gasteiger partial charge in [0.1, 0.15) is 11.0 Å². The van der Waals surface area contributed by atoms with Crippen molar-refractivity contribution in [3.63, 3.8) is 0 Å². The third kappa shape index (κ3) is 3.91. The van der Waals surface area contributed by atoms with Crippen LogP contribution in [-0.2, 0) is 11.0 Å². The largest absolute Gasteiger partial charge is 0.234 e. The number of rotatable bonds is 2. The molecular weight excluding hydrogens is 194 g/mol. The first-order valence-electron chi connectivity index (χ1n) is 5.46. The summed E-state index contributed by atoms with van der Waals surface area (Å²) >= 11 is 0. The van der Waals surface area contributed by atoms with Gasteiger partial charge >= 0.3 is 0 Å². The van der Waals surface area contributed by atoms with E-state index >= 15 is 0 Å². The van der Waals surface area contributed by atoms with Crippen molar-refractivity contribution in [2.24, 2.45) is 10.3 Å².